The lowest BCUT2D eigenvalue weighted by Gasteiger charge is -2.27. The van der Waals surface area contributed by atoms with Gasteiger partial charge in [0.15, 0.2) is 5.96 Å². The van der Waals surface area contributed by atoms with Crippen molar-refractivity contribution in [1.29, 1.82) is 0 Å². The maximum atomic E-state index is 5.99. The zero-order chi connectivity index (χ0) is 12.8. The largest absolute Gasteiger partial charge is 0.496 e. The Bertz CT molecular complexity index is 424. The molecular formula is C12H19IN4OS. The second kappa shape index (κ2) is 8.47. The van der Waals surface area contributed by atoms with Crippen molar-refractivity contribution in [3.8, 4) is 5.75 Å². The fraction of sp³-hybridized carbons (Fsp3) is 0.500. The number of ether oxygens (including phenoxy) is 1. The van der Waals surface area contributed by atoms with Crippen molar-refractivity contribution in [2.24, 2.45) is 10.7 Å². The van der Waals surface area contributed by atoms with Crippen LogP contribution in [-0.4, -0.2) is 47.5 Å². The van der Waals surface area contributed by atoms with E-state index in [0.717, 1.165) is 35.9 Å². The molecule has 0 saturated carbocycles. The number of thioether (sulfide) groups is 1. The third-order valence-electron chi connectivity index (χ3n) is 2.83. The summed E-state index contributed by atoms with van der Waals surface area (Å²) >= 11 is 1.95. The average Bonchev–Trinajstić information content (AvgIpc) is 2.46. The summed E-state index contributed by atoms with van der Waals surface area (Å²) in [5.41, 5.74) is 6.95. The van der Waals surface area contributed by atoms with E-state index in [1.807, 2.05) is 17.8 Å². The second-order valence-corrected chi connectivity index (χ2v) is 5.19. The minimum Gasteiger partial charge on any atom is -0.496 e. The molecule has 2 N–H and O–H groups in total. The number of methoxy groups -OCH3 is 1. The molecule has 0 unspecified atom stereocenters. The molecule has 1 saturated heterocycles. The minimum atomic E-state index is 0. The smallest absolute Gasteiger partial charge is 0.191 e. The lowest BCUT2D eigenvalue weighted by atomic mass is 10.2. The Morgan fingerprint density at radius 1 is 1.53 bits per heavy atom. The molecule has 2 rings (SSSR count). The summed E-state index contributed by atoms with van der Waals surface area (Å²) in [6.45, 7) is 2.46. The average molecular weight is 394 g/mol. The summed E-state index contributed by atoms with van der Waals surface area (Å²) in [5.74, 6) is 3.65. The molecule has 0 radical (unpaired) electrons. The Kier molecular flexibility index (Phi) is 7.29. The van der Waals surface area contributed by atoms with Crippen LogP contribution in [0.1, 0.15) is 5.56 Å². The first-order valence-corrected chi connectivity index (χ1v) is 7.06. The van der Waals surface area contributed by atoms with E-state index in [1.54, 1.807) is 19.5 Å². The van der Waals surface area contributed by atoms with Crippen LogP contribution in [0.5, 0.6) is 5.75 Å². The van der Waals surface area contributed by atoms with Crippen molar-refractivity contribution in [3.63, 3.8) is 0 Å². The van der Waals surface area contributed by atoms with Crippen LogP contribution in [0.25, 0.3) is 0 Å². The standard InChI is InChI=1S/C12H18N4OS.HI/c1-17-11-2-3-14-8-10(11)9-15-12(13)16-4-6-18-7-5-16;/h2-3,8H,4-7,9H2,1H3,(H2,13,15);1H. The van der Waals surface area contributed by atoms with Gasteiger partial charge in [-0.15, -0.1) is 24.0 Å². The van der Waals surface area contributed by atoms with Crippen LogP contribution in [0, 0.1) is 0 Å². The molecule has 0 atom stereocenters. The molecule has 0 bridgehead atoms. The molecule has 0 aliphatic carbocycles. The summed E-state index contributed by atoms with van der Waals surface area (Å²) < 4.78 is 5.26. The van der Waals surface area contributed by atoms with Crippen molar-refractivity contribution in [1.82, 2.24) is 9.88 Å². The molecule has 1 aromatic heterocycles. The van der Waals surface area contributed by atoms with Crippen LogP contribution in [0.2, 0.25) is 0 Å². The van der Waals surface area contributed by atoms with Gasteiger partial charge < -0.3 is 15.4 Å². The van der Waals surface area contributed by atoms with Gasteiger partial charge in [0.2, 0.25) is 0 Å². The third kappa shape index (κ3) is 4.72. The van der Waals surface area contributed by atoms with E-state index in [4.69, 9.17) is 10.5 Å². The normalized spacial score (nSPS) is 15.8. The van der Waals surface area contributed by atoms with Crippen molar-refractivity contribution in [3.05, 3.63) is 24.0 Å². The first-order chi connectivity index (χ1) is 8.81. The molecule has 0 spiro atoms. The number of hydrogen-bond donors (Lipinski definition) is 1. The zero-order valence-electron chi connectivity index (χ0n) is 10.9. The fourth-order valence-corrected chi connectivity index (χ4v) is 2.69. The van der Waals surface area contributed by atoms with Gasteiger partial charge in [-0.25, -0.2) is 4.99 Å². The minimum absolute atomic E-state index is 0. The lowest BCUT2D eigenvalue weighted by Crippen LogP contribution is -2.42. The fourth-order valence-electron chi connectivity index (χ4n) is 1.79. The molecule has 7 heteroatoms. The summed E-state index contributed by atoms with van der Waals surface area (Å²) in [6, 6.07) is 1.83. The van der Waals surface area contributed by atoms with Crippen molar-refractivity contribution < 1.29 is 4.74 Å². The number of aromatic nitrogens is 1. The number of nitrogens with two attached hydrogens (primary N) is 1. The topological polar surface area (TPSA) is 63.7 Å². The lowest BCUT2D eigenvalue weighted by molar-refractivity contribution is 0.408. The first-order valence-electron chi connectivity index (χ1n) is 5.90. The quantitative estimate of drug-likeness (QED) is 0.479. The van der Waals surface area contributed by atoms with E-state index < -0.39 is 0 Å². The van der Waals surface area contributed by atoms with Crippen LogP contribution in [0.4, 0.5) is 0 Å². The van der Waals surface area contributed by atoms with Crippen LogP contribution < -0.4 is 10.5 Å². The molecule has 1 aliphatic heterocycles. The predicted octanol–water partition coefficient (Wildman–Crippen LogP) is 1.57. The van der Waals surface area contributed by atoms with Gasteiger partial charge in [0.25, 0.3) is 0 Å². The highest BCUT2D eigenvalue weighted by molar-refractivity contribution is 14.0. The predicted molar refractivity (Wildman–Crippen MR) is 90.4 cm³/mol. The van der Waals surface area contributed by atoms with E-state index in [-0.39, 0.29) is 24.0 Å². The molecule has 106 valence electrons. The van der Waals surface area contributed by atoms with E-state index >= 15 is 0 Å². The van der Waals surface area contributed by atoms with Gasteiger partial charge in [-0.1, -0.05) is 0 Å². The van der Waals surface area contributed by atoms with Gasteiger partial charge in [0, 0.05) is 42.6 Å². The number of halogens is 1. The Balaban J connectivity index is 0.00000180. The van der Waals surface area contributed by atoms with Crippen LogP contribution in [0.15, 0.2) is 23.5 Å². The van der Waals surface area contributed by atoms with Crippen LogP contribution in [0.3, 0.4) is 0 Å². The maximum Gasteiger partial charge on any atom is 0.191 e. The number of nitrogens with zero attached hydrogens (tertiary/aromatic N) is 3. The summed E-state index contributed by atoms with van der Waals surface area (Å²) in [5, 5.41) is 0. The van der Waals surface area contributed by atoms with E-state index in [0.29, 0.717) is 12.5 Å². The highest BCUT2D eigenvalue weighted by Gasteiger charge is 2.12. The Morgan fingerprint density at radius 3 is 2.95 bits per heavy atom. The number of pyridine rings is 1. The van der Waals surface area contributed by atoms with Gasteiger partial charge in [0.1, 0.15) is 5.75 Å². The molecule has 0 amide bonds. The summed E-state index contributed by atoms with van der Waals surface area (Å²) in [4.78, 5) is 10.6. The number of rotatable bonds is 3. The Hall–Kier alpha value is -0.700. The first kappa shape index (κ1) is 16.4. The van der Waals surface area contributed by atoms with Crippen LogP contribution >= 0.6 is 35.7 Å². The second-order valence-electron chi connectivity index (χ2n) is 3.96. The van der Waals surface area contributed by atoms with Crippen molar-refractivity contribution in [2.45, 2.75) is 6.54 Å². The van der Waals surface area contributed by atoms with Gasteiger partial charge in [-0.3, -0.25) is 4.98 Å². The molecule has 2 heterocycles. The van der Waals surface area contributed by atoms with Gasteiger partial charge >= 0.3 is 0 Å². The summed E-state index contributed by atoms with van der Waals surface area (Å²) in [6.07, 6.45) is 3.47. The molecule has 0 aromatic carbocycles. The Labute approximate surface area is 135 Å². The molecule has 1 aromatic rings. The van der Waals surface area contributed by atoms with Gasteiger partial charge in [-0.05, 0) is 6.07 Å². The molecule has 1 aliphatic rings. The SMILES string of the molecule is COc1ccncc1CN=C(N)N1CCSCC1.I. The number of hydrogen-bond acceptors (Lipinski definition) is 4. The highest BCUT2D eigenvalue weighted by atomic mass is 127. The van der Waals surface area contributed by atoms with E-state index in [9.17, 15) is 0 Å². The molecule has 1 fully saturated rings. The maximum absolute atomic E-state index is 5.99. The van der Waals surface area contributed by atoms with Crippen molar-refractivity contribution in [2.75, 3.05) is 31.7 Å². The van der Waals surface area contributed by atoms with Crippen LogP contribution in [-0.2, 0) is 6.54 Å². The van der Waals surface area contributed by atoms with Crippen molar-refractivity contribution >= 4 is 41.7 Å². The summed E-state index contributed by atoms with van der Waals surface area (Å²) in [7, 11) is 1.65. The molecule has 19 heavy (non-hydrogen) atoms. The molecule has 5 nitrogen and oxygen atoms in total. The van der Waals surface area contributed by atoms with E-state index in [1.165, 1.54) is 0 Å². The number of aliphatic imine (C=N–C) groups is 1. The van der Waals surface area contributed by atoms with Gasteiger partial charge in [0.05, 0.1) is 13.7 Å². The Morgan fingerprint density at radius 2 is 2.26 bits per heavy atom. The molecular weight excluding hydrogens is 375 g/mol. The number of guanidine groups is 1. The third-order valence-corrected chi connectivity index (χ3v) is 3.77. The highest BCUT2D eigenvalue weighted by Crippen LogP contribution is 2.17. The van der Waals surface area contributed by atoms with E-state index in [2.05, 4.69) is 14.9 Å². The zero-order valence-corrected chi connectivity index (χ0v) is 14.1. The van der Waals surface area contributed by atoms with Gasteiger partial charge in [-0.2, -0.15) is 11.8 Å². The monoisotopic (exact) mass is 394 g/mol.